The summed E-state index contributed by atoms with van der Waals surface area (Å²) in [4.78, 5) is 18.1. The zero-order valence-electron chi connectivity index (χ0n) is 16.5. The van der Waals surface area contributed by atoms with Crippen LogP contribution in [0.3, 0.4) is 0 Å². The number of piperidine rings is 1. The molecule has 29 heavy (non-hydrogen) atoms. The molecule has 2 saturated heterocycles. The van der Waals surface area contributed by atoms with Crippen LogP contribution in [0.1, 0.15) is 36.0 Å². The fourth-order valence-electron chi connectivity index (χ4n) is 4.71. The average Bonchev–Trinajstić information content (AvgIpc) is 3.11. The molecule has 2 atom stereocenters. The number of fused-ring (bicyclic) bond motifs is 3. The first kappa shape index (κ1) is 18.1. The summed E-state index contributed by atoms with van der Waals surface area (Å²) in [6.45, 7) is 0. The second kappa shape index (κ2) is 7.48. The minimum Gasteiger partial charge on any atom is -0.497 e. The van der Waals surface area contributed by atoms with Crippen LogP contribution in [0.15, 0.2) is 54.6 Å². The SMILES string of the molecule is COc1ccc(-c2cc(C(=O)NC3CC4CCC(C3)N4)c3ccccc3n2)cc1. The third-order valence-corrected chi connectivity index (χ3v) is 6.15. The number of methoxy groups -OCH3 is 1. The molecule has 0 saturated carbocycles. The summed E-state index contributed by atoms with van der Waals surface area (Å²) in [6, 6.07) is 18.9. The van der Waals surface area contributed by atoms with E-state index in [2.05, 4.69) is 10.6 Å². The molecule has 2 aromatic carbocycles. The van der Waals surface area contributed by atoms with Crippen LogP contribution in [-0.4, -0.2) is 36.1 Å². The lowest BCUT2D eigenvalue weighted by Gasteiger charge is -2.29. The Morgan fingerprint density at radius 2 is 1.79 bits per heavy atom. The van der Waals surface area contributed by atoms with Gasteiger partial charge in [0.2, 0.25) is 0 Å². The summed E-state index contributed by atoms with van der Waals surface area (Å²) < 4.78 is 5.25. The molecule has 1 amide bonds. The number of para-hydroxylation sites is 1. The molecule has 2 unspecified atom stereocenters. The van der Waals surface area contributed by atoms with Crippen molar-refractivity contribution in [2.24, 2.45) is 0 Å². The van der Waals surface area contributed by atoms with Crippen LogP contribution in [-0.2, 0) is 0 Å². The van der Waals surface area contributed by atoms with E-state index in [1.807, 2.05) is 54.6 Å². The molecule has 3 heterocycles. The maximum Gasteiger partial charge on any atom is 0.252 e. The minimum absolute atomic E-state index is 0.00957. The highest BCUT2D eigenvalue weighted by Gasteiger charge is 2.34. The van der Waals surface area contributed by atoms with Crippen molar-refractivity contribution in [2.45, 2.75) is 43.8 Å². The second-order valence-electron chi connectivity index (χ2n) is 8.08. The minimum atomic E-state index is -0.00957. The summed E-state index contributed by atoms with van der Waals surface area (Å²) in [6.07, 6.45) is 4.46. The number of carbonyl (C=O) groups is 1. The zero-order chi connectivity index (χ0) is 19.8. The van der Waals surface area contributed by atoms with Gasteiger partial charge in [0.1, 0.15) is 5.75 Å². The normalized spacial score (nSPS) is 23.1. The average molecular weight is 387 g/mol. The molecule has 2 bridgehead atoms. The van der Waals surface area contributed by atoms with Gasteiger partial charge in [-0.15, -0.1) is 0 Å². The molecule has 3 aromatic rings. The Morgan fingerprint density at radius 3 is 2.52 bits per heavy atom. The largest absolute Gasteiger partial charge is 0.497 e. The van der Waals surface area contributed by atoms with E-state index in [1.54, 1.807) is 7.11 Å². The molecule has 2 N–H and O–H groups in total. The number of hydrogen-bond acceptors (Lipinski definition) is 4. The van der Waals surface area contributed by atoms with E-state index in [1.165, 1.54) is 12.8 Å². The monoisotopic (exact) mass is 387 g/mol. The predicted molar refractivity (Wildman–Crippen MR) is 114 cm³/mol. The van der Waals surface area contributed by atoms with Gasteiger partial charge >= 0.3 is 0 Å². The first-order valence-electron chi connectivity index (χ1n) is 10.3. The Balaban J connectivity index is 1.49. The molecule has 2 aliphatic heterocycles. The number of pyridine rings is 1. The van der Waals surface area contributed by atoms with Crippen molar-refractivity contribution in [3.63, 3.8) is 0 Å². The number of aromatic nitrogens is 1. The molecule has 5 heteroatoms. The Kier molecular flexibility index (Phi) is 4.68. The summed E-state index contributed by atoms with van der Waals surface area (Å²) in [5.41, 5.74) is 3.27. The number of benzene rings is 2. The highest BCUT2D eigenvalue weighted by atomic mass is 16.5. The van der Waals surface area contributed by atoms with E-state index >= 15 is 0 Å². The van der Waals surface area contributed by atoms with Crippen molar-refractivity contribution in [1.82, 2.24) is 15.6 Å². The molecule has 0 radical (unpaired) electrons. The van der Waals surface area contributed by atoms with Crippen LogP contribution < -0.4 is 15.4 Å². The van der Waals surface area contributed by atoms with Crippen molar-refractivity contribution < 1.29 is 9.53 Å². The molecule has 2 aliphatic rings. The Labute approximate surface area is 170 Å². The third kappa shape index (κ3) is 3.58. The van der Waals surface area contributed by atoms with Gasteiger partial charge in [-0.3, -0.25) is 4.79 Å². The van der Waals surface area contributed by atoms with Gasteiger partial charge in [-0.1, -0.05) is 18.2 Å². The smallest absolute Gasteiger partial charge is 0.252 e. The lowest BCUT2D eigenvalue weighted by molar-refractivity contribution is 0.0925. The van der Waals surface area contributed by atoms with E-state index in [-0.39, 0.29) is 11.9 Å². The van der Waals surface area contributed by atoms with Crippen molar-refractivity contribution in [3.8, 4) is 17.0 Å². The van der Waals surface area contributed by atoms with Gasteiger partial charge in [-0.25, -0.2) is 4.98 Å². The number of nitrogens with one attached hydrogen (secondary N) is 2. The fraction of sp³-hybridized carbons (Fsp3) is 0.333. The molecule has 2 fully saturated rings. The first-order valence-corrected chi connectivity index (χ1v) is 10.3. The predicted octanol–water partition coefficient (Wildman–Crippen LogP) is 3.92. The molecule has 1 aromatic heterocycles. The van der Waals surface area contributed by atoms with E-state index in [0.717, 1.165) is 40.8 Å². The number of rotatable bonds is 4. The standard InChI is InChI=1S/C24H25N3O2/c1-29-19-10-6-15(7-11-19)23-14-21(20-4-2-3-5-22(20)27-23)24(28)26-18-12-16-8-9-17(13-18)25-16/h2-7,10-11,14,16-18,25H,8-9,12-13H2,1H3,(H,26,28). The van der Waals surface area contributed by atoms with E-state index in [0.29, 0.717) is 17.6 Å². The molecule has 148 valence electrons. The highest BCUT2D eigenvalue weighted by molar-refractivity contribution is 6.07. The van der Waals surface area contributed by atoms with Gasteiger partial charge in [0.05, 0.1) is 23.9 Å². The fourth-order valence-corrected chi connectivity index (χ4v) is 4.71. The van der Waals surface area contributed by atoms with E-state index in [9.17, 15) is 4.79 Å². The van der Waals surface area contributed by atoms with Crippen LogP contribution in [0.2, 0.25) is 0 Å². The van der Waals surface area contributed by atoms with Crippen molar-refractivity contribution in [1.29, 1.82) is 0 Å². The van der Waals surface area contributed by atoms with Gasteiger partial charge in [-0.05, 0) is 62.1 Å². The van der Waals surface area contributed by atoms with Crippen molar-refractivity contribution in [2.75, 3.05) is 7.11 Å². The summed E-state index contributed by atoms with van der Waals surface area (Å²) in [7, 11) is 1.65. The molecule has 5 rings (SSSR count). The van der Waals surface area contributed by atoms with E-state index in [4.69, 9.17) is 9.72 Å². The van der Waals surface area contributed by atoms with Gasteiger partial charge in [0, 0.05) is 29.1 Å². The van der Waals surface area contributed by atoms with Crippen molar-refractivity contribution >= 4 is 16.8 Å². The molecular weight excluding hydrogens is 362 g/mol. The topological polar surface area (TPSA) is 63.2 Å². The van der Waals surface area contributed by atoms with Crippen LogP contribution in [0, 0.1) is 0 Å². The van der Waals surface area contributed by atoms with Crippen LogP contribution >= 0.6 is 0 Å². The lowest BCUT2D eigenvalue weighted by Crippen LogP contribution is -2.48. The number of hydrogen-bond donors (Lipinski definition) is 2. The zero-order valence-corrected chi connectivity index (χ0v) is 16.5. The first-order chi connectivity index (χ1) is 14.2. The van der Waals surface area contributed by atoms with Gasteiger partial charge in [-0.2, -0.15) is 0 Å². The van der Waals surface area contributed by atoms with Crippen LogP contribution in [0.5, 0.6) is 5.75 Å². The molecule has 0 spiro atoms. The van der Waals surface area contributed by atoms with E-state index < -0.39 is 0 Å². The maximum absolute atomic E-state index is 13.3. The number of nitrogens with zero attached hydrogens (tertiary/aromatic N) is 1. The maximum atomic E-state index is 13.3. The third-order valence-electron chi connectivity index (χ3n) is 6.15. The quantitative estimate of drug-likeness (QED) is 0.712. The lowest BCUT2D eigenvalue weighted by atomic mass is 9.98. The molecule has 0 aliphatic carbocycles. The summed E-state index contributed by atoms with van der Waals surface area (Å²) in [5, 5.41) is 7.82. The van der Waals surface area contributed by atoms with Crippen LogP contribution in [0.25, 0.3) is 22.2 Å². The number of ether oxygens (including phenoxy) is 1. The second-order valence-corrected chi connectivity index (χ2v) is 8.08. The Morgan fingerprint density at radius 1 is 1.07 bits per heavy atom. The Hall–Kier alpha value is -2.92. The van der Waals surface area contributed by atoms with Crippen LogP contribution in [0.4, 0.5) is 0 Å². The van der Waals surface area contributed by atoms with Gasteiger partial charge in [0.25, 0.3) is 5.91 Å². The molecular formula is C24H25N3O2. The Bertz CT molecular complexity index is 1040. The van der Waals surface area contributed by atoms with Crippen molar-refractivity contribution in [3.05, 3.63) is 60.2 Å². The van der Waals surface area contributed by atoms with Gasteiger partial charge < -0.3 is 15.4 Å². The highest BCUT2D eigenvalue weighted by Crippen LogP contribution is 2.29. The summed E-state index contributed by atoms with van der Waals surface area (Å²) >= 11 is 0. The van der Waals surface area contributed by atoms with Gasteiger partial charge in [0.15, 0.2) is 0 Å². The number of carbonyl (C=O) groups excluding carboxylic acids is 1. The number of amides is 1. The molecule has 5 nitrogen and oxygen atoms in total. The summed E-state index contributed by atoms with van der Waals surface area (Å²) in [5.74, 6) is 0.790.